The Morgan fingerprint density at radius 3 is 2.57 bits per heavy atom. The fourth-order valence-electron chi connectivity index (χ4n) is 2.44. The summed E-state index contributed by atoms with van der Waals surface area (Å²) in [6.45, 7) is 2.27. The van der Waals surface area contributed by atoms with E-state index in [0.717, 1.165) is 16.9 Å². The molecule has 0 bridgehead atoms. The Labute approximate surface area is 124 Å². The summed E-state index contributed by atoms with van der Waals surface area (Å²) in [5.41, 5.74) is 2.03. The second kappa shape index (κ2) is 5.98. The molecular weight excluding hydrogens is 260 g/mol. The highest BCUT2D eigenvalue weighted by Gasteiger charge is 2.04. The highest BCUT2D eigenvalue weighted by Crippen LogP contribution is 2.22. The molecule has 0 radical (unpaired) electrons. The Hall–Kier alpha value is -2.32. The van der Waals surface area contributed by atoms with Crippen molar-refractivity contribution in [2.75, 3.05) is 0 Å². The Balaban J connectivity index is 1.82. The predicted octanol–water partition coefficient (Wildman–Crippen LogP) is 4.47. The average Bonchev–Trinajstić information content (AvgIpc) is 2.53. The summed E-state index contributed by atoms with van der Waals surface area (Å²) in [6.07, 6.45) is -0.480. The van der Waals surface area contributed by atoms with E-state index in [4.69, 9.17) is 4.74 Å². The van der Waals surface area contributed by atoms with E-state index < -0.39 is 6.10 Å². The molecule has 0 aliphatic heterocycles. The first-order valence-electron chi connectivity index (χ1n) is 7.11. The van der Waals surface area contributed by atoms with Crippen LogP contribution in [0.1, 0.15) is 24.2 Å². The molecule has 0 amide bonds. The lowest BCUT2D eigenvalue weighted by molar-refractivity contribution is 0.198. The van der Waals surface area contributed by atoms with Crippen molar-refractivity contribution in [1.82, 2.24) is 0 Å². The summed E-state index contributed by atoms with van der Waals surface area (Å²) >= 11 is 0. The van der Waals surface area contributed by atoms with Crippen LogP contribution < -0.4 is 4.74 Å². The van der Waals surface area contributed by atoms with Gasteiger partial charge in [-0.05, 0) is 41.0 Å². The van der Waals surface area contributed by atoms with Gasteiger partial charge in [-0.2, -0.15) is 0 Å². The molecule has 3 aromatic rings. The number of rotatable bonds is 4. The third kappa shape index (κ3) is 3.06. The van der Waals surface area contributed by atoms with Crippen molar-refractivity contribution in [2.24, 2.45) is 0 Å². The molecule has 0 saturated heterocycles. The summed E-state index contributed by atoms with van der Waals surface area (Å²) < 4.78 is 5.88. The van der Waals surface area contributed by atoms with E-state index in [2.05, 4.69) is 24.3 Å². The van der Waals surface area contributed by atoms with Gasteiger partial charge < -0.3 is 9.84 Å². The third-order valence-electron chi connectivity index (χ3n) is 3.61. The first-order valence-corrected chi connectivity index (χ1v) is 7.11. The summed E-state index contributed by atoms with van der Waals surface area (Å²) in [5, 5.41) is 12.1. The Bertz CT molecular complexity index is 742. The number of ether oxygens (including phenoxy) is 1. The topological polar surface area (TPSA) is 29.5 Å². The van der Waals surface area contributed by atoms with Gasteiger partial charge in [-0.3, -0.25) is 0 Å². The lowest BCUT2D eigenvalue weighted by atomic mass is 10.1. The number of hydrogen-bond donors (Lipinski definition) is 1. The molecule has 0 spiro atoms. The van der Waals surface area contributed by atoms with Gasteiger partial charge in [0.25, 0.3) is 0 Å². The molecule has 0 aliphatic rings. The molecule has 3 rings (SSSR count). The van der Waals surface area contributed by atoms with Gasteiger partial charge in [-0.25, -0.2) is 0 Å². The van der Waals surface area contributed by atoms with Crippen molar-refractivity contribution in [3.63, 3.8) is 0 Å². The van der Waals surface area contributed by atoms with E-state index in [-0.39, 0.29) is 0 Å². The second-order valence-corrected chi connectivity index (χ2v) is 5.18. The van der Waals surface area contributed by atoms with Crippen LogP contribution in [-0.2, 0) is 6.61 Å². The zero-order chi connectivity index (χ0) is 14.7. The van der Waals surface area contributed by atoms with Crippen molar-refractivity contribution < 1.29 is 9.84 Å². The van der Waals surface area contributed by atoms with Gasteiger partial charge in [-0.1, -0.05) is 54.6 Å². The van der Waals surface area contributed by atoms with E-state index in [1.807, 2.05) is 42.5 Å². The van der Waals surface area contributed by atoms with Crippen LogP contribution in [0.2, 0.25) is 0 Å². The van der Waals surface area contributed by atoms with Crippen molar-refractivity contribution in [2.45, 2.75) is 19.6 Å². The summed E-state index contributed by atoms with van der Waals surface area (Å²) in [7, 11) is 0. The van der Waals surface area contributed by atoms with Gasteiger partial charge in [0.2, 0.25) is 0 Å². The number of aliphatic hydroxyl groups is 1. The van der Waals surface area contributed by atoms with Gasteiger partial charge in [-0.15, -0.1) is 0 Å². The molecule has 21 heavy (non-hydrogen) atoms. The average molecular weight is 278 g/mol. The molecule has 0 unspecified atom stereocenters. The van der Waals surface area contributed by atoms with Crippen LogP contribution in [0.4, 0.5) is 0 Å². The normalized spacial score (nSPS) is 12.3. The van der Waals surface area contributed by atoms with E-state index in [0.29, 0.717) is 6.61 Å². The van der Waals surface area contributed by atoms with Gasteiger partial charge in [0.05, 0.1) is 6.10 Å². The maximum absolute atomic E-state index is 9.62. The third-order valence-corrected chi connectivity index (χ3v) is 3.61. The largest absolute Gasteiger partial charge is 0.489 e. The zero-order valence-electron chi connectivity index (χ0n) is 12.0. The van der Waals surface area contributed by atoms with Crippen LogP contribution in [0.15, 0.2) is 66.7 Å². The van der Waals surface area contributed by atoms with Crippen LogP contribution in [0, 0.1) is 0 Å². The Morgan fingerprint density at radius 1 is 0.952 bits per heavy atom. The number of fused-ring (bicyclic) bond motifs is 1. The van der Waals surface area contributed by atoms with Crippen molar-refractivity contribution in [1.29, 1.82) is 0 Å². The van der Waals surface area contributed by atoms with Gasteiger partial charge in [0, 0.05) is 0 Å². The number of benzene rings is 3. The van der Waals surface area contributed by atoms with Crippen LogP contribution >= 0.6 is 0 Å². The number of hydrogen-bond acceptors (Lipinski definition) is 2. The molecule has 0 aromatic heterocycles. The molecule has 0 aliphatic carbocycles. The molecule has 1 atom stereocenters. The predicted molar refractivity (Wildman–Crippen MR) is 85.4 cm³/mol. The van der Waals surface area contributed by atoms with Gasteiger partial charge in [0.1, 0.15) is 12.4 Å². The van der Waals surface area contributed by atoms with Crippen molar-refractivity contribution >= 4 is 10.8 Å². The molecule has 0 saturated carbocycles. The highest BCUT2D eigenvalue weighted by atomic mass is 16.5. The summed E-state index contributed by atoms with van der Waals surface area (Å²) in [6, 6.07) is 22.1. The van der Waals surface area contributed by atoms with E-state index in [9.17, 15) is 5.11 Å². The Morgan fingerprint density at radius 2 is 1.71 bits per heavy atom. The maximum atomic E-state index is 9.62. The molecule has 0 fully saturated rings. The lowest BCUT2D eigenvalue weighted by Crippen LogP contribution is -1.98. The first-order chi connectivity index (χ1) is 10.2. The van der Waals surface area contributed by atoms with E-state index in [1.54, 1.807) is 6.92 Å². The molecule has 2 nitrogen and oxygen atoms in total. The second-order valence-electron chi connectivity index (χ2n) is 5.18. The monoisotopic (exact) mass is 278 g/mol. The molecular formula is C19H18O2. The minimum atomic E-state index is -0.480. The lowest BCUT2D eigenvalue weighted by Gasteiger charge is -2.11. The Kier molecular flexibility index (Phi) is 3.89. The molecule has 0 heterocycles. The summed E-state index contributed by atoms with van der Waals surface area (Å²) in [4.78, 5) is 0. The van der Waals surface area contributed by atoms with Crippen molar-refractivity contribution in [3.05, 3.63) is 77.9 Å². The van der Waals surface area contributed by atoms with Crippen LogP contribution in [0.25, 0.3) is 10.8 Å². The first kappa shape index (κ1) is 13.7. The maximum Gasteiger partial charge on any atom is 0.120 e. The van der Waals surface area contributed by atoms with Crippen LogP contribution in [0.5, 0.6) is 5.75 Å². The highest BCUT2D eigenvalue weighted by molar-refractivity contribution is 5.85. The summed E-state index contributed by atoms with van der Waals surface area (Å²) in [5.74, 6) is 0.779. The minimum absolute atomic E-state index is 0.480. The quantitative estimate of drug-likeness (QED) is 0.763. The van der Waals surface area contributed by atoms with Crippen molar-refractivity contribution in [3.8, 4) is 5.75 Å². The smallest absolute Gasteiger partial charge is 0.120 e. The van der Waals surface area contributed by atoms with Crippen LogP contribution in [-0.4, -0.2) is 5.11 Å². The van der Waals surface area contributed by atoms with Crippen LogP contribution in [0.3, 0.4) is 0 Å². The van der Waals surface area contributed by atoms with E-state index in [1.165, 1.54) is 10.8 Å². The fraction of sp³-hybridized carbons (Fsp3) is 0.158. The fourth-order valence-corrected chi connectivity index (χ4v) is 2.44. The van der Waals surface area contributed by atoms with Gasteiger partial charge >= 0.3 is 0 Å². The molecule has 3 aromatic carbocycles. The standard InChI is InChI=1S/C19H18O2/c1-14(20)16-8-5-10-18(12-16)21-13-17-9-4-7-15-6-2-3-11-19(15)17/h2-12,14,20H,13H2,1H3/t14-/m1/s1. The molecule has 106 valence electrons. The number of aliphatic hydroxyl groups excluding tert-OH is 1. The zero-order valence-corrected chi connectivity index (χ0v) is 12.0. The van der Waals surface area contributed by atoms with E-state index >= 15 is 0 Å². The SMILES string of the molecule is C[C@@H](O)c1cccc(OCc2cccc3ccccc23)c1. The molecule has 2 heteroatoms. The molecule has 1 N–H and O–H groups in total. The minimum Gasteiger partial charge on any atom is -0.489 e. The van der Waals surface area contributed by atoms with Gasteiger partial charge in [0.15, 0.2) is 0 Å².